The number of nitrogens with zero attached hydrogens (tertiary/aromatic N) is 1. The molecule has 108 valence electrons. The third-order valence-electron chi connectivity index (χ3n) is 3.39. The van der Waals surface area contributed by atoms with Crippen LogP contribution in [-0.2, 0) is 9.53 Å². The van der Waals surface area contributed by atoms with Gasteiger partial charge in [0.15, 0.2) is 0 Å². The van der Waals surface area contributed by atoms with Crippen molar-refractivity contribution in [2.75, 3.05) is 13.6 Å². The molecule has 1 amide bonds. The SMILES string of the molecule is CN(C[C@@H]1CCC=CO1)[C@H](C(N)=O)c1cccc(F)c1. The Morgan fingerprint density at radius 2 is 2.40 bits per heavy atom. The molecule has 0 spiro atoms. The topological polar surface area (TPSA) is 55.6 Å². The summed E-state index contributed by atoms with van der Waals surface area (Å²) < 4.78 is 18.8. The lowest BCUT2D eigenvalue weighted by atomic mass is 10.0. The number of ether oxygens (including phenoxy) is 1. The van der Waals surface area contributed by atoms with Crippen molar-refractivity contribution < 1.29 is 13.9 Å². The number of likely N-dealkylation sites (N-methyl/N-ethyl adjacent to an activating group) is 1. The van der Waals surface area contributed by atoms with Gasteiger partial charge in [-0.15, -0.1) is 0 Å². The van der Waals surface area contributed by atoms with E-state index < -0.39 is 11.9 Å². The summed E-state index contributed by atoms with van der Waals surface area (Å²) >= 11 is 0. The molecule has 0 fully saturated rings. The van der Waals surface area contributed by atoms with Gasteiger partial charge in [-0.3, -0.25) is 9.69 Å². The van der Waals surface area contributed by atoms with Crippen molar-refractivity contribution in [3.63, 3.8) is 0 Å². The average molecular weight is 278 g/mol. The molecule has 4 nitrogen and oxygen atoms in total. The minimum Gasteiger partial charge on any atom is -0.497 e. The van der Waals surface area contributed by atoms with E-state index in [2.05, 4.69) is 0 Å². The van der Waals surface area contributed by atoms with E-state index in [0.29, 0.717) is 12.1 Å². The van der Waals surface area contributed by atoms with Gasteiger partial charge in [-0.25, -0.2) is 4.39 Å². The summed E-state index contributed by atoms with van der Waals surface area (Å²) in [6.45, 7) is 0.564. The van der Waals surface area contributed by atoms with E-state index in [-0.39, 0.29) is 11.9 Å². The molecular formula is C15H19FN2O2. The first-order chi connectivity index (χ1) is 9.58. The summed E-state index contributed by atoms with van der Waals surface area (Å²) in [5.41, 5.74) is 6.03. The fraction of sp³-hybridized carbons (Fsp3) is 0.400. The zero-order chi connectivity index (χ0) is 14.5. The molecule has 0 aromatic heterocycles. The molecule has 0 saturated carbocycles. The van der Waals surface area contributed by atoms with Crippen LogP contribution in [-0.4, -0.2) is 30.5 Å². The van der Waals surface area contributed by atoms with E-state index in [1.54, 1.807) is 30.3 Å². The largest absolute Gasteiger partial charge is 0.497 e. The Labute approximate surface area is 118 Å². The minimum atomic E-state index is -0.653. The third-order valence-corrected chi connectivity index (χ3v) is 3.39. The predicted molar refractivity (Wildman–Crippen MR) is 74.2 cm³/mol. The Kier molecular flexibility index (Phi) is 4.74. The Bertz CT molecular complexity index is 504. The monoisotopic (exact) mass is 278 g/mol. The molecule has 20 heavy (non-hydrogen) atoms. The molecule has 1 aliphatic heterocycles. The van der Waals surface area contributed by atoms with Gasteiger partial charge in [-0.05, 0) is 43.7 Å². The third kappa shape index (κ3) is 3.57. The molecule has 2 rings (SSSR count). The van der Waals surface area contributed by atoms with Gasteiger partial charge >= 0.3 is 0 Å². The Hall–Kier alpha value is -1.88. The second kappa shape index (κ2) is 6.52. The first-order valence-corrected chi connectivity index (χ1v) is 6.63. The number of benzene rings is 1. The van der Waals surface area contributed by atoms with E-state index in [0.717, 1.165) is 12.8 Å². The minimum absolute atomic E-state index is 0.0282. The molecule has 0 bridgehead atoms. The molecule has 5 heteroatoms. The molecule has 1 aromatic carbocycles. The van der Waals surface area contributed by atoms with Gasteiger partial charge in [0.25, 0.3) is 0 Å². The van der Waals surface area contributed by atoms with Crippen LogP contribution in [0.15, 0.2) is 36.6 Å². The van der Waals surface area contributed by atoms with Crippen molar-refractivity contribution in [2.45, 2.75) is 25.0 Å². The normalized spacial score (nSPS) is 19.6. The maximum atomic E-state index is 13.3. The molecular weight excluding hydrogens is 259 g/mol. The molecule has 0 saturated heterocycles. The second-order valence-corrected chi connectivity index (χ2v) is 5.01. The van der Waals surface area contributed by atoms with Crippen LogP contribution in [0.5, 0.6) is 0 Å². The summed E-state index contributed by atoms with van der Waals surface area (Å²) in [6, 6.07) is 5.31. The van der Waals surface area contributed by atoms with E-state index in [9.17, 15) is 9.18 Å². The molecule has 1 aliphatic rings. The molecule has 2 N–H and O–H groups in total. The number of hydrogen-bond donors (Lipinski definition) is 1. The number of hydrogen-bond acceptors (Lipinski definition) is 3. The highest BCUT2D eigenvalue weighted by atomic mass is 19.1. The number of nitrogens with two attached hydrogens (primary N) is 1. The van der Waals surface area contributed by atoms with Crippen LogP contribution >= 0.6 is 0 Å². The van der Waals surface area contributed by atoms with E-state index in [4.69, 9.17) is 10.5 Å². The second-order valence-electron chi connectivity index (χ2n) is 5.01. The summed E-state index contributed by atoms with van der Waals surface area (Å²) in [5.74, 6) is -0.872. The van der Waals surface area contributed by atoms with Crippen LogP contribution in [0.1, 0.15) is 24.4 Å². The van der Waals surface area contributed by atoms with Gasteiger partial charge in [-0.2, -0.15) is 0 Å². The van der Waals surface area contributed by atoms with Gasteiger partial charge in [0.05, 0.1) is 6.26 Å². The Balaban J connectivity index is 2.11. The average Bonchev–Trinajstić information content (AvgIpc) is 2.39. The quantitative estimate of drug-likeness (QED) is 0.896. The van der Waals surface area contributed by atoms with Gasteiger partial charge < -0.3 is 10.5 Å². The molecule has 1 aromatic rings. The number of halogens is 1. The van der Waals surface area contributed by atoms with Crippen LogP contribution in [0.25, 0.3) is 0 Å². The number of carbonyl (C=O) groups excluding carboxylic acids is 1. The van der Waals surface area contributed by atoms with Crippen molar-refractivity contribution in [1.82, 2.24) is 4.90 Å². The first-order valence-electron chi connectivity index (χ1n) is 6.63. The fourth-order valence-electron chi connectivity index (χ4n) is 2.46. The van der Waals surface area contributed by atoms with Crippen LogP contribution in [0.2, 0.25) is 0 Å². The summed E-state index contributed by atoms with van der Waals surface area (Å²) in [4.78, 5) is 13.5. The summed E-state index contributed by atoms with van der Waals surface area (Å²) in [5, 5.41) is 0. The van der Waals surface area contributed by atoms with Crippen molar-refractivity contribution in [3.05, 3.63) is 48.0 Å². The molecule has 0 unspecified atom stereocenters. The van der Waals surface area contributed by atoms with Crippen molar-refractivity contribution in [2.24, 2.45) is 5.73 Å². The highest BCUT2D eigenvalue weighted by Gasteiger charge is 2.26. The molecule has 2 atom stereocenters. The number of amides is 1. The van der Waals surface area contributed by atoms with Crippen molar-refractivity contribution in [1.29, 1.82) is 0 Å². The highest BCUT2D eigenvalue weighted by molar-refractivity contribution is 5.81. The summed E-state index contributed by atoms with van der Waals surface area (Å²) in [7, 11) is 1.79. The number of allylic oxidation sites excluding steroid dienone is 1. The first kappa shape index (κ1) is 14.5. The van der Waals surface area contributed by atoms with Gasteiger partial charge in [0, 0.05) is 6.54 Å². The predicted octanol–water partition coefficient (Wildman–Crippen LogP) is 1.98. The van der Waals surface area contributed by atoms with Crippen LogP contribution in [0.4, 0.5) is 4.39 Å². The van der Waals surface area contributed by atoms with Gasteiger partial charge in [0.1, 0.15) is 18.0 Å². The number of rotatable bonds is 5. The lowest BCUT2D eigenvalue weighted by Gasteiger charge is -2.30. The number of primary amides is 1. The van der Waals surface area contributed by atoms with E-state index >= 15 is 0 Å². The lowest BCUT2D eigenvalue weighted by Crippen LogP contribution is -2.40. The maximum Gasteiger partial charge on any atom is 0.239 e. The van der Waals surface area contributed by atoms with Crippen LogP contribution in [0, 0.1) is 5.82 Å². The van der Waals surface area contributed by atoms with Gasteiger partial charge in [0.2, 0.25) is 5.91 Å². The maximum absolute atomic E-state index is 13.3. The number of carbonyl (C=O) groups is 1. The van der Waals surface area contributed by atoms with Crippen molar-refractivity contribution in [3.8, 4) is 0 Å². The molecule has 0 aliphatic carbocycles. The smallest absolute Gasteiger partial charge is 0.239 e. The van der Waals surface area contributed by atoms with E-state index in [1.807, 2.05) is 6.08 Å². The van der Waals surface area contributed by atoms with E-state index in [1.165, 1.54) is 12.1 Å². The summed E-state index contributed by atoms with van der Waals surface area (Å²) in [6.07, 6.45) is 5.54. The Morgan fingerprint density at radius 3 is 3.00 bits per heavy atom. The lowest BCUT2D eigenvalue weighted by molar-refractivity contribution is -0.123. The standard InChI is InChI=1S/C15H19FN2O2/c1-18(10-13-7-2-3-8-20-13)14(15(17)19)11-5-4-6-12(16)9-11/h3-6,8-9,13-14H,2,7,10H2,1H3,(H2,17,19)/t13-,14-/m0/s1. The molecule has 0 radical (unpaired) electrons. The Morgan fingerprint density at radius 1 is 1.60 bits per heavy atom. The highest BCUT2D eigenvalue weighted by Crippen LogP contribution is 2.22. The molecule has 1 heterocycles. The zero-order valence-corrected chi connectivity index (χ0v) is 11.5. The van der Waals surface area contributed by atoms with Crippen molar-refractivity contribution >= 4 is 5.91 Å². The van der Waals surface area contributed by atoms with Crippen LogP contribution < -0.4 is 5.73 Å². The van der Waals surface area contributed by atoms with Crippen LogP contribution in [0.3, 0.4) is 0 Å². The fourth-order valence-corrected chi connectivity index (χ4v) is 2.46. The van der Waals surface area contributed by atoms with Gasteiger partial charge in [-0.1, -0.05) is 12.1 Å². The zero-order valence-electron chi connectivity index (χ0n) is 11.5.